The second kappa shape index (κ2) is 9.40. The van der Waals surface area contributed by atoms with Gasteiger partial charge in [0.15, 0.2) is 0 Å². The molecule has 0 unspecified atom stereocenters. The Labute approximate surface area is 114 Å². The molecule has 3 N–H and O–H groups in total. The predicted molar refractivity (Wildman–Crippen MR) is 64.2 cm³/mol. The molecule has 0 saturated heterocycles. The molecule has 0 rings (SSSR count). The number of carboxylic acid groups (broad SMARTS) is 1. The van der Waals surface area contributed by atoms with Crippen molar-refractivity contribution in [3.8, 4) is 0 Å². The van der Waals surface area contributed by atoms with E-state index in [0.29, 0.717) is 24.2 Å². The van der Waals surface area contributed by atoms with Gasteiger partial charge in [0.25, 0.3) is 0 Å². The van der Waals surface area contributed by atoms with E-state index in [-0.39, 0.29) is 13.0 Å². The molecule has 0 aliphatic rings. The third-order valence-electron chi connectivity index (χ3n) is 2.37. The number of carboxylic acids is 1. The van der Waals surface area contributed by atoms with Gasteiger partial charge in [-0.1, -0.05) is 6.42 Å². The van der Waals surface area contributed by atoms with E-state index in [1.165, 1.54) is 0 Å². The van der Waals surface area contributed by atoms with Crippen LogP contribution in [0.4, 0.5) is 18.0 Å². The minimum atomic E-state index is -4.52. The molecule has 6 nitrogen and oxygen atoms in total. The van der Waals surface area contributed by atoms with Crippen LogP contribution in [-0.4, -0.2) is 59.5 Å². The number of hydrogen-bond acceptors (Lipinski definition) is 3. The number of rotatable bonds is 9. The number of hydrogen-bond donors (Lipinski definition) is 3. The summed E-state index contributed by atoms with van der Waals surface area (Å²) in [5.74, 6) is -0.909. The van der Waals surface area contributed by atoms with E-state index in [9.17, 15) is 22.8 Å². The number of nitrogens with zero attached hydrogens (tertiary/aromatic N) is 1. The van der Waals surface area contributed by atoms with E-state index in [1.54, 1.807) is 0 Å². The molecule has 0 saturated carbocycles. The van der Waals surface area contributed by atoms with Crippen molar-refractivity contribution in [3.05, 3.63) is 0 Å². The molecule has 0 aromatic carbocycles. The lowest BCUT2D eigenvalue weighted by Crippen LogP contribution is -2.46. The van der Waals surface area contributed by atoms with Crippen molar-refractivity contribution in [2.75, 3.05) is 26.2 Å². The molecule has 118 valence electrons. The Bertz CT molecular complexity index is 311. The van der Waals surface area contributed by atoms with E-state index in [4.69, 9.17) is 10.2 Å². The molecule has 0 aliphatic heterocycles. The van der Waals surface area contributed by atoms with Crippen LogP contribution in [0.15, 0.2) is 0 Å². The summed E-state index contributed by atoms with van der Waals surface area (Å²) in [6.07, 6.45) is -3.00. The van der Waals surface area contributed by atoms with Gasteiger partial charge < -0.3 is 20.4 Å². The zero-order chi connectivity index (χ0) is 15.6. The lowest BCUT2D eigenvalue weighted by molar-refractivity contribution is -0.140. The number of nitrogens with one attached hydrogen (secondary N) is 1. The van der Waals surface area contributed by atoms with Gasteiger partial charge in [-0.15, -0.1) is 0 Å². The zero-order valence-corrected chi connectivity index (χ0v) is 10.9. The normalized spacial score (nSPS) is 11.2. The molecule has 0 aromatic heterocycles. The molecule has 2 amide bonds. The van der Waals surface area contributed by atoms with Gasteiger partial charge in [-0.2, -0.15) is 13.2 Å². The summed E-state index contributed by atoms with van der Waals surface area (Å²) < 4.78 is 36.6. The first-order chi connectivity index (χ1) is 9.26. The van der Waals surface area contributed by atoms with Crippen LogP contribution in [0.25, 0.3) is 0 Å². The van der Waals surface area contributed by atoms with Gasteiger partial charge in [-0.3, -0.25) is 4.79 Å². The zero-order valence-electron chi connectivity index (χ0n) is 10.9. The molecular formula is C11H19F3N2O4. The van der Waals surface area contributed by atoms with Crippen LogP contribution in [0.2, 0.25) is 0 Å². The molecule has 0 fully saturated rings. The Morgan fingerprint density at radius 1 is 1.15 bits per heavy atom. The monoisotopic (exact) mass is 300 g/mol. The number of amides is 2. The summed E-state index contributed by atoms with van der Waals surface area (Å²) >= 11 is 0. The van der Waals surface area contributed by atoms with Crippen LogP contribution in [0.5, 0.6) is 0 Å². The van der Waals surface area contributed by atoms with Crippen molar-refractivity contribution in [3.63, 3.8) is 0 Å². The SMILES string of the molecule is O=C(O)CCCCCNC(=O)N(CCO)CC(F)(F)F. The Morgan fingerprint density at radius 3 is 2.30 bits per heavy atom. The maximum absolute atomic E-state index is 12.2. The second-order valence-corrected chi connectivity index (χ2v) is 4.20. The van der Waals surface area contributed by atoms with Crippen molar-refractivity contribution in [1.29, 1.82) is 0 Å². The summed E-state index contributed by atoms with van der Waals surface area (Å²) in [7, 11) is 0. The summed E-state index contributed by atoms with van der Waals surface area (Å²) in [5.41, 5.74) is 0. The maximum Gasteiger partial charge on any atom is 0.406 e. The average Bonchev–Trinajstić information content (AvgIpc) is 2.30. The first kappa shape index (κ1) is 18.5. The largest absolute Gasteiger partial charge is 0.481 e. The summed E-state index contributed by atoms with van der Waals surface area (Å²) in [5, 5.41) is 19.3. The second-order valence-electron chi connectivity index (χ2n) is 4.20. The standard InChI is InChI=1S/C11H19F3N2O4/c12-11(13,14)8-16(6-7-17)10(20)15-5-3-1-2-4-9(18)19/h17H,1-8H2,(H,15,20)(H,18,19). The fraction of sp³-hybridized carbons (Fsp3) is 0.818. The molecule has 0 aliphatic carbocycles. The first-order valence-electron chi connectivity index (χ1n) is 6.18. The molecule has 0 radical (unpaired) electrons. The highest BCUT2D eigenvalue weighted by Gasteiger charge is 2.32. The lowest BCUT2D eigenvalue weighted by Gasteiger charge is -2.23. The highest BCUT2D eigenvalue weighted by atomic mass is 19.4. The number of halogens is 3. The Morgan fingerprint density at radius 2 is 1.80 bits per heavy atom. The van der Waals surface area contributed by atoms with Crippen molar-refractivity contribution in [1.82, 2.24) is 10.2 Å². The van der Waals surface area contributed by atoms with E-state index in [0.717, 1.165) is 0 Å². The maximum atomic E-state index is 12.2. The molecule has 0 heterocycles. The number of unbranched alkanes of at least 4 members (excludes halogenated alkanes) is 2. The van der Waals surface area contributed by atoms with Crippen LogP contribution >= 0.6 is 0 Å². The average molecular weight is 300 g/mol. The van der Waals surface area contributed by atoms with Crippen LogP contribution < -0.4 is 5.32 Å². The highest BCUT2D eigenvalue weighted by Crippen LogP contribution is 2.16. The van der Waals surface area contributed by atoms with Crippen LogP contribution in [-0.2, 0) is 4.79 Å². The fourth-order valence-corrected chi connectivity index (χ4v) is 1.47. The number of aliphatic carboxylic acids is 1. The van der Waals surface area contributed by atoms with E-state index in [2.05, 4.69) is 5.32 Å². The van der Waals surface area contributed by atoms with Crippen LogP contribution in [0.3, 0.4) is 0 Å². The number of aliphatic hydroxyl groups excluding tert-OH is 1. The third-order valence-corrected chi connectivity index (χ3v) is 2.37. The van der Waals surface area contributed by atoms with Crippen LogP contribution in [0.1, 0.15) is 25.7 Å². The summed E-state index contributed by atoms with van der Waals surface area (Å²) in [6.45, 7) is -2.21. The van der Waals surface area contributed by atoms with Gasteiger partial charge in [0.2, 0.25) is 0 Å². The quantitative estimate of drug-likeness (QED) is 0.558. The van der Waals surface area contributed by atoms with Crippen molar-refractivity contribution in [2.24, 2.45) is 0 Å². The van der Waals surface area contributed by atoms with Crippen LogP contribution in [0, 0.1) is 0 Å². The van der Waals surface area contributed by atoms with Gasteiger partial charge in [0, 0.05) is 19.5 Å². The van der Waals surface area contributed by atoms with Crippen molar-refractivity contribution >= 4 is 12.0 Å². The topological polar surface area (TPSA) is 89.9 Å². The van der Waals surface area contributed by atoms with Gasteiger partial charge in [-0.05, 0) is 12.8 Å². The Hall–Kier alpha value is -1.51. The van der Waals surface area contributed by atoms with Gasteiger partial charge in [-0.25, -0.2) is 4.79 Å². The Balaban J connectivity index is 3.93. The lowest BCUT2D eigenvalue weighted by atomic mass is 10.2. The number of urea groups is 1. The predicted octanol–water partition coefficient (Wildman–Crippen LogP) is 1.20. The van der Waals surface area contributed by atoms with Gasteiger partial charge >= 0.3 is 18.2 Å². The molecular weight excluding hydrogens is 281 g/mol. The highest BCUT2D eigenvalue weighted by molar-refractivity contribution is 5.74. The summed E-state index contributed by atoms with van der Waals surface area (Å²) in [4.78, 5) is 22.2. The smallest absolute Gasteiger partial charge is 0.406 e. The number of aliphatic hydroxyl groups is 1. The molecule has 9 heteroatoms. The molecule has 0 aromatic rings. The van der Waals surface area contributed by atoms with E-state index >= 15 is 0 Å². The Kier molecular flexibility index (Phi) is 8.69. The first-order valence-corrected chi connectivity index (χ1v) is 6.18. The van der Waals surface area contributed by atoms with Gasteiger partial charge in [0.05, 0.1) is 6.61 Å². The number of carbonyl (C=O) groups excluding carboxylic acids is 1. The molecule has 0 atom stereocenters. The summed E-state index contributed by atoms with van der Waals surface area (Å²) in [6, 6.07) is -0.894. The van der Waals surface area contributed by atoms with Crippen molar-refractivity contribution in [2.45, 2.75) is 31.9 Å². The van der Waals surface area contributed by atoms with Crippen molar-refractivity contribution < 1.29 is 33.0 Å². The van der Waals surface area contributed by atoms with Gasteiger partial charge in [0.1, 0.15) is 6.54 Å². The third kappa shape index (κ3) is 10.4. The fourth-order valence-electron chi connectivity index (χ4n) is 1.47. The van der Waals surface area contributed by atoms with E-state index < -0.39 is 37.9 Å². The molecule has 20 heavy (non-hydrogen) atoms. The number of carbonyl (C=O) groups is 2. The minimum absolute atomic E-state index is 0.0264. The number of alkyl halides is 3. The molecule has 0 spiro atoms. The van der Waals surface area contributed by atoms with E-state index in [1.807, 2.05) is 0 Å². The minimum Gasteiger partial charge on any atom is -0.481 e. The molecule has 0 bridgehead atoms.